The van der Waals surface area contributed by atoms with Crippen LogP contribution >= 0.6 is 11.6 Å². The molecule has 1 aromatic carbocycles. The molecule has 0 saturated heterocycles. The molecule has 3 rings (SSSR count). The maximum atomic E-state index is 5.94. The number of hydrogen-bond donors (Lipinski definition) is 3. The molecule has 0 aliphatic heterocycles. The molecule has 2 aromatic heterocycles. The van der Waals surface area contributed by atoms with Gasteiger partial charge in [0.1, 0.15) is 10.8 Å². The molecule has 0 amide bonds. The van der Waals surface area contributed by atoms with E-state index in [9.17, 15) is 0 Å². The summed E-state index contributed by atoms with van der Waals surface area (Å²) in [5.74, 6) is 1.07. The van der Waals surface area contributed by atoms with E-state index in [1.165, 1.54) is 0 Å². The zero-order valence-electron chi connectivity index (χ0n) is 10.1. The fraction of sp³-hybridized carbons (Fsp3) is 0.0833. The molecule has 7 heteroatoms. The first-order valence-electron chi connectivity index (χ1n) is 5.67. The summed E-state index contributed by atoms with van der Waals surface area (Å²) < 4.78 is 0. The zero-order valence-corrected chi connectivity index (χ0v) is 10.9. The van der Waals surface area contributed by atoms with Gasteiger partial charge in [-0.15, -0.1) is 0 Å². The number of hydrogen-bond acceptors (Lipinski definition) is 5. The van der Waals surface area contributed by atoms with Crippen molar-refractivity contribution in [1.82, 2.24) is 20.2 Å². The van der Waals surface area contributed by atoms with Crippen LogP contribution in [-0.4, -0.2) is 27.2 Å². The summed E-state index contributed by atoms with van der Waals surface area (Å²) in [6, 6.07) is 5.84. The van der Waals surface area contributed by atoms with Gasteiger partial charge in [-0.25, -0.2) is 4.98 Å². The summed E-state index contributed by atoms with van der Waals surface area (Å²) >= 11 is 5.94. The van der Waals surface area contributed by atoms with Gasteiger partial charge in [0, 0.05) is 18.1 Å². The zero-order chi connectivity index (χ0) is 13.2. The second-order valence-corrected chi connectivity index (χ2v) is 4.34. The fourth-order valence-corrected chi connectivity index (χ4v) is 1.94. The standard InChI is InChI=1S/C12H11ClN6/c1-14-11-9(13)6-15-12(18-11)17-8-2-3-10-7(4-8)5-16-19-10/h2-6H,1H3,(H,16,19)(H2,14,15,17,18). The largest absolute Gasteiger partial charge is 0.372 e. The molecule has 2 heterocycles. The number of nitrogens with one attached hydrogen (secondary N) is 3. The predicted octanol–water partition coefficient (Wildman–Crippen LogP) is 2.79. The van der Waals surface area contributed by atoms with Crippen molar-refractivity contribution in [2.75, 3.05) is 17.7 Å². The number of rotatable bonds is 3. The Labute approximate surface area is 114 Å². The van der Waals surface area contributed by atoms with Crippen LogP contribution in [0.3, 0.4) is 0 Å². The van der Waals surface area contributed by atoms with E-state index in [-0.39, 0.29) is 0 Å². The van der Waals surface area contributed by atoms with E-state index in [1.807, 2.05) is 18.2 Å². The molecule has 0 bridgehead atoms. The predicted molar refractivity (Wildman–Crippen MR) is 76.0 cm³/mol. The summed E-state index contributed by atoms with van der Waals surface area (Å²) in [7, 11) is 1.76. The monoisotopic (exact) mass is 274 g/mol. The van der Waals surface area contributed by atoms with Crippen LogP contribution in [0.25, 0.3) is 10.9 Å². The molecular weight excluding hydrogens is 264 g/mol. The van der Waals surface area contributed by atoms with Crippen molar-refractivity contribution in [3.63, 3.8) is 0 Å². The quantitative estimate of drug-likeness (QED) is 0.684. The summed E-state index contributed by atoms with van der Waals surface area (Å²) in [6.07, 6.45) is 3.32. The fourth-order valence-electron chi connectivity index (χ4n) is 1.75. The molecular formula is C12H11ClN6. The van der Waals surface area contributed by atoms with Crippen LogP contribution < -0.4 is 10.6 Å². The van der Waals surface area contributed by atoms with E-state index in [0.717, 1.165) is 16.6 Å². The lowest BCUT2D eigenvalue weighted by atomic mass is 10.2. The van der Waals surface area contributed by atoms with E-state index >= 15 is 0 Å². The molecule has 0 saturated carbocycles. The number of benzene rings is 1. The lowest BCUT2D eigenvalue weighted by Gasteiger charge is -2.07. The summed E-state index contributed by atoms with van der Waals surface area (Å²) in [4.78, 5) is 8.40. The second-order valence-electron chi connectivity index (χ2n) is 3.94. The van der Waals surface area contributed by atoms with Gasteiger partial charge < -0.3 is 10.6 Å². The smallest absolute Gasteiger partial charge is 0.229 e. The van der Waals surface area contributed by atoms with Crippen LogP contribution in [0.5, 0.6) is 0 Å². The number of nitrogens with zero attached hydrogens (tertiary/aromatic N) is 3. The highest BCUT2D eigenvalue weighted by Crippen LogP contribution is 2.22. The molecule has 0 radical (unpaired) electrons. The van der Waals surface area contributed by atoms with Crippen LogP contribution in [0, 0.1) is 0 Å². The number of H-pyrrole nitrogens is 1. The second kappa shape index (κ2) is 4.74. The third-order valence-corrected chi connectivity index (χ3v) is 2.95. The molecule has 0 aliphatic carbocycles. The highest BCUT2D eigenvalue weighted by molar-refractivity contribution is 6.32. The highest BCUT2D eigenvalue weighted by Gasteiger charge is 2.04. The van der Waals surface area contributed by atoms with Crippen molar-refractivity contribution < 1.29 is 0 Å². The highest BCUT2D eigenvalue weighted by atomic mass is 35.5. The van der Waals surface area contributed by atoms with Crippen LogP contribution in [0.4, 0.5) is 17.5 Å². The van der Waals surface area contributed by atoms with E-state index in [1.54, 1.807) is 19.4 Å². The van der Waals surface area contributed by atoms with Gasteiger partial charge in [0.2, 0.25) is 5.95 Å². The Kier molecular flexibility index (Phi) is 2.92. The van der Waals surface area contributed by atoms with Crippen molar-refractivity contribution in [2.45, 2.75) is 0 Å². The summed E-state index contributed by atoms with van der Waals surface area (Å²) in [6.45, 7) is 0. The molecule has 3 N–H and O–H groups in total. The Bertz CT molecular complexity index is 723. The molecule has 3 aromatic rings. The number of fused-ring (bicyclic) bond motifs is 1. The molecule has 19 heavy (non-hydrogen) atoms. The van der Waals surface area contributed by atoms with Crippen molar-refractivity contribution in [2.24, 2.45) is 0 Å². The van der Waals surface area contributed by atoms with E-state index < -0.39 is 0 Å². The SMILES string of the molecule is CNc1nc(Nc2ccc3[nH]ncc3c2)ncc1Cl. The van der Waals surface area contributed by atoms with E-state index in [0.29, 0.717) is 16.8 Å². The van der Waals surface area contributed by atoms with Gasteiger partial charge in [-0.3, -0.25) is 5.10 Å². The molecule has 0 atom stereocenters. The van der Waals surface area contributed by atoms with Gasteiger partial charge >= 0.3 is 0 Å². The number of aromatic amines is 1. The first-order valence-corrected chi connectivity index (χ1v) is 6.04. The normalized spacial score (nSPS) is 10.6. The lowest BCUT2D eigenvalue weighted by molar-refractivity contribution is 1.12. The first-order chi connectivity index (χ1) is 9.26. The van der Waals surface area contributed by atoms with Gasteiger partial charge in [0.05, 0.1) is 17.9 Å². The molecule has 6 nitrogen and oxygen atoms in total. The Morgan fingerprint density at radius 2 is 2.16 bits per heavy atom. The van der Waals surface area contributed by atoms with Crippen molar-refractivity contribution in [3.8, 4) is 0 Å². The van der Waals surface area contributed by atoms with Crippen molar-refractivity contribution in [3.05, 3.63) is 35.6 Å². The van der Waals surface area contributed by atoms with Crippen LogP contribution in [0.2, 0.25) is 5.02 Å². The first kappa shape index (κ1) is 11.7. The minimum absolute atomic E-state index is 0.483. The maximum Gasteiger partial charge on any atom is 0.229 e. The van der Waals surface area contributed by atoms with Gasteiger partial charge in [-0.2, -0.15) is 10.1 Å². The molecule has 96 valence electrons. The third-order valence-electron chi connectivity index (χ3n) is 2.68. The number of anilines is 3. The van der Waals surface area contributed by atoms with Crippen molar-refractivity contribution >= 4 is 40.0 Å². The Hall–Kier alpha value is -2.34. The number of halogens is 1. The molecule has 0 spiro atoms. The Morgan fingerprint density at radius 3 is 3.00 bits per heavy atom. The molecule has 0 fully saturated rings. The average molecular weight is 275 g/mol. The van der Waals surface area contributed by atoms with Gasteiger partial charge in [-0.05, 0) is 18.2 Å². The minimum atomic E-state index is 0.483. The molecule has 0 unspecified atom stereocenters. The van der Waals surface area contributed by atoms with Crippen molar-refractivity contribution in [1.29, 1.82) is 0 Å². The maximum absolute atomic E-state index is 5.94. The Balaban J connectivity index is 1.91. The summed E-state index contributed by atoms with van der Waals surface area (Å²) in [5.41, 5.74) is 1.87. The topological polar surface area (TPSA) is 78.5 Å². The van der Waals surface area contributed by atoms with E-state index in [4.69, 9.17) is 11.6 Å². The van der Waals surface area contributed by atoms with E-state index in [2.05, 4.69) is 30.8 Å². The van der Waals surface area contributed by atoms with Crippen LogP contribution in [0.15, 0.2) is 30.6 Å². The van der Waals surface area contributed by atoms with Gasteiger partial charge in [-0.1, -0.05) is 11.6 Å². The number of aromatic nitrogens is 4. The van der Waals surface area contributed by atoms with Crippen LogP contribution in [0.1, 0.15) is 0 Å². The summed E-state index contributed by atoms with van der Waals surface area (Å²) in [5, 5.41) is 14.4. The average Bonchev–Trinajstić information content (AvgIpc) is 2.88. The minimum Gasteiger partial charge on any atom is -0.372 e. The van der Waals surface area contributed by atoms with Crippen LogP contribution in [-0.2, 0) is 0 Å². The Morgan fingerprint density at radius 1 is 1.26 bits per heavy atom. The van der Waals surface area contributed by atoms with Gasteiger partial charge in [0.25, 0.3) is 0 Å². The molecule has 0 aliphatic rings. The third kappa shape index (κ3) is 2.30. The van der Waals surface area contributed by atoms with Gasteiger partial charge in [0.15, 0.2) is 0 Å². The lowest BCUT2D eigenvalue weighted by Crippen LogP contribution is -2.01.